The second kappa shape index (κ2) is 7.43. The number of aryl methyl sites for hydroxylation is 1. The van der Waals surface area contributed by atoms with Crippen LogP contribution in [0.1, 0.15) is 11.4 Å². The van der Waals surface area contributed by atoms with E-state index in [0.29, 0.717) is 36.2 Å². The average Bonchev–Trinajstić information content (AvgIpc) is 2.75. The molecule has 0 unspecified atom stereocenters. The molecule has 0 saturated heterocycles. The molecule has 1 aromatic heterocycles. The van der Waals surface area contributed by atoms with Gasteiger partial charge in [-0.15, -0.1) is 0 Å². The van der Waals surface area contributed by atoms with Gasteiger partial charge in [0.25, 0.3) is 0 Å². The van der Waals surface area contributed by atoms with Crippen LogP contribution in [-0.2, 0) is 6.67 Å². The van der Waals surface area contributed by atoms with E-state index in [1.54, 1.807) is 30.7 Å². The second-order valence-electron chi connectivity index (χ2n) is 5.30. The third kappa shape index (κ3) is 4.43. The number of benzene rings is 1. The van der Waals surface area contributed by atoms with Gasteiger partial charge in [0, 0.05) is 11.6 Å². The Morgan fingerprint density at radius 2 is 2.00 bits per heavy atom. The van der Waals surface area contributed by atoms with E-state index in [1.165, 1.54) is 0 Å². The lowest BCUT2D eigenvalue weighted by Crippen LogP contribution is -2.27. The Kier molecular flexibility index (Phi) is 5.57. The molecular formula is C15H19ClN4O3. The molecule has 0 bridgehead atoms. The fraction of sp³-hybridized carbons (Fsp3) is 0.400. The number of nitrogens with zero attached hydrogens (tertiary/aromatic N) is 4. The normalized spacial score (nSPS) is 11.0. The van der Waals surface area contributed by atoms with Crippen LogP contribution in [0.25, 0.3) is 0 Å². The zero-order chi connectivity index (χ0) is 17.0. The Morgan fingerprint density at radius 1 is 1.35 bits per heavy atom. The molecule has 7 nitrogen and oxygen atoms in total. The molecule has 124 valence electrons. The van der Waals surface area contributed by atoms with Gasteiger partial charge in [-0.25, -0.2) is 4.68 Å². The largest absolute Gasteiger partial charge is 0.492 e. The molecule has 0 radical (unpaired) electrons. The van der Waals surface area contributed by atoms with Gasteiger partial charge in [-0.2, -0.15) is 5.10 Å². The lowest BCUT2D eigenvalue weighted by Gasteiger charge is -2.17. The zero-order valence-corrected chi connectivity index (χ0v) is 14.1. The molecule has 8 heteroatoms. The van der Waals surface area contributed by atoms with Gasteiger partial charge in [0.1, 0.15) is 23.7 Å². The molecule has 2 aromatic rings. The van der Waals surface area contributed by atoms with Gasteiger partial charge in [-0.05, 0) is 45.2 Å². The van der Waals surface area contributed by atoms with Crippen LogP contribution in [0.5, 0.6) is 5.75 Å². The van der Waals surface area contributed by atoms with Crippen LogP contribution in [0.4, 0.5) is 5.69 Å². The Balaban J connectivity index is 1.87. The van der Waals surface area contributed by atoms with Gasteiger partial charge in [0.15, 0.2) is 0 Å². The van der Waals surface area contributed by atoms with E-state index in [1.807, 2.05) is 24.1 Å². The molecule has 0 aliphatic heterocycles. The SMILES string of the molecule is Cc1nn(CN(C)CCOc2ccc(Cl)cc2)c(C)c1[N+](=O)[O-]. The van der Waals surface area contributed by atoms with E-state index in [2.05, 4.69) is 5.10 Å². The molecule has 0 spiro atoms. The smallest absolute Gasteiger partial charge is 0.312 e. The van der Waals surface area contributed by atoms with Crippen molar-refractivity contribution in [1.82, 2.24) is 14.7 Å². The number of hydrogen-bond acceptors (Lipinski definition) is 5. The maximum atomic E-state index is 11.0. The highest BCUT2D eigenvalue weighted by atomic mass is 35.5. The summed E-state index contributed by atoms with van der Waals surface area (Å²) in [6.07, 6.45) is 0. The van der Waals surface area contributed by atoms with Gasteiger partial charge in [0.05, 0.1) is 11.6 Å². The summed E-state index contributed by atoms with van der Waals surface area (Å²) in [5, 5.41) is 15.9. The van der Waals surface area contributed by atoms with E-state index in [0.717, 1.165) is 5.75 Å². The van der Waals surface area contributed by atoms with Crippen molar-refractivity contribution in [1.29, 1.82) is 0 Å². The molecule has 0 aliphatic carbocycles. The van der Waals surface area contributed by atoms with E-state index in [-0.39, 0.29) is 5.69 Å². The van der Waals surface area contributed by atoms with E-state index < -0.39 is 4.92 Å². The van der Waals surface area contributed by atoms with Crippen molar-refractivity contribution in [3.8, 4) is 5.75 Å². The van der Waals surface area contributed by atoms with Gasteiger partial charge in [0.2, 0.25) is 0 Å². The van der Waals surface area contributed by atoms with Crippen LogP contribution >= 0.6 is 11.6 Å². The van der Waals surface area contributed by atoms with E-state index in [9.17, 15) is 10.1 Å². The summed E-state index contributed by atoms with van der Waals surface area (Å²) in [6.45, 7) is 4.97. The maximum absolute atomic E-state index is 11.0. The first-order valence-corrected chi connectivity index (χ1v) is 7.51. The van der Waals surface area contributed by atoms with Crippen LogP contribution < -0.4 is 4.74 Å². The number of ether oxygens (including phenoxy) is 1. The van der Waals surface area contributed by atoms with E-state index >= 15 is 0 Å². The van der Waals surface area contributed by atoms with Gasteiger partial charge < -0.3 is 4.74 Å². The summed E-state index contributed by atoms with van der Waals surface area (Å²) in [7, 11) is 1.91. The minimum atomic E-state index is -0.391. The van der Waals surface area contributed by atoms with Crippen molar-refractivity contribution in [3.05, 3.63) is 50.8 Å². The number of rotatable bonds is 7. The quantitative estimate of drug-likeness (QED) is 0.573. The Hall–Kier alpha value is -2.12. The third-order valence-corrected chi connectivity index (χ3v) is 3.71. The topological polar surface area (TPSA) is 73.4 Å². The number of nitro groups is 1. The summed E-state index contributed by atoms with van der Waals surface area (Å²) in [4.78, 5) is 12.6. The highest BCUT2D eigenvalue weighted by molar-refractivity contribution is 6.30. The van der Waals surface area contributed by atoms with Crippen LogP contribution in [0, 0.1) is 24.0 Å². The third-order valence-electron chi connectivity index (χ3n) is 3.46. The van der Waals surface area contributed by atoms with Crippen molar-refractivity contribution < 1.29 is 9.66 Å². The molecule has 2 rings (SSSR count). The summed E-state index contributed by atoms with van der Waals surface area (Å²) in [5.74, 6) is 0.754. The predicted molar refractivity (Wildman–Crippen MR) is 87.9 cm³/mol. The molecule has 0 amide bonds. The van der Waals surface area contributed by atoms with Crippen molar-refractivity contribution in [2.24, 2.45) is 0 Å². The number of aromatic nitrogens is 2. The van der Waals surface area contributed by atoms with Crippen LogP contribution in [0.2, 0.25) is 5.02 Å². The van der Waals surface area contributed by atoms with Crippen LogP contribution in [-0.4, -0.2) is 39.8 Å². The maximum Gasteiger partial charge on any atom is 0.312 e. The Labute approximate surface area is 139 Å². The zero-order valence-electron chi connectivity index (χ0n) is 13.3. The van der Waals surface area contributed by atoms with Crippen LogP contribution in [0.3, 0.4) is 0 Å². The minimum absolute atomic E-state index is 0.0795. The molecule has 0 aliphatic rings. The molecule has 0 atom stereocenters. The summed E-state index contributed by atoms with van der Waals surface area (Å²) < 4.78 is 7.26. The number of halogens is 1. The fourth-order valence-corrected chi connectivity index (χ4v) is 2.36. The van der Waals surface area contributed by atoms with Crippen molar-refractivity contribution in [2.45, 2.75) is 20.5 Å². The Bertz CT molecular complexity index is 685. The first kappa shape index (κ1) is 17.2. The highest BCUT2D eigenvalue weighted by Crippen LogP contribution is 2.21. The minimum Gasteiger partial charge on any atom is -0.492 e. The molecule has 0 N–H and O–H groups in total. The van der Waals surface area contributed by atoms with Gasteiger partial charge in [-0.1, -0.05) is 11.6 Å². The summed E-state index contributed by atoms with van der Waals surface area (Å²) >= 11 is 5.82. The summed E-state index contributed by atoms with van der Waals surface area (Å²) in [6, 6.07) is 7.17. The lowest BCUT2D eigenvalue weighted by molar-refractivity contribution is -0.386. The molecular weight excluding hydrogens is 320 g/mol. The van der Waals surface area contributed by atoms with E-state index in [4.69, 9.17) is 16.3 Å². The monoisotopic (exact) mass is 338 g/mol. The first-order valence-electron chi connectivity index (χ1n) is 7.14. The molecule has 1 aromatic carbocycles. The average molecular weight is 339 g/mol. The predicted octanol–water partition coefficient (Wildman–Crippen LogP) is 3.03. The molecule has 1 heterocycles. The molecule has 0 fully saturated rings. The van der Waals surface area contributed by atoms with Gasteiger partial charge >= 0.3 is 5.69 Å². The molecule has 0 saturated carbocycles. The second-order valence-corrected chi connectivity index (χ2v) is 5.74. The summed E-state index contributed by atoms with van der Waals surface area (Å²) in [5.41, 5.74) is 1.06. The highest BCUT2D eigenvalue weighted by Gasteiger charge is 2.22. The number of hydrogen-bond donors (Lipinski definition) is 0. The fourth-order valence-electron chi connectivity index (χ4n) is 2.24. The lowest BCUT2D eigenvalue weighted by atomic mass is 10.3. The number of likely N-dealkylation sites (N-methyl/N-ethyl adjacent to an activating group) is 1. The van der Waals surface area contributed by atoms with Crippen molar-refractivity contribution in [3.63, 3.8) is 0 Å². The standard InChI is InChI=1S/C15H19ClN4O3/c1-11-15(20(21)22)12(2)19(17-11)10-18(3)8-9-23-14-6-4-13(16)5-7-14/h4-7H,8-10H2,1-3H3. The molecule has 23 heavy (non-hydrogen) atoms. The first-order chi connectivity index (χ1) is 10.9. The van der Waals surface area contributed by atoms with Crippen molar-refractivity contribution in [2.75, 3.05) is 20.2 Å². The Morgan fingerprint density at radius 3 is 2.57 bits per heavy atom. The van der Waals surface area contributed by atoms with Gasteiger partial charge in [-0.3, -0.25) is 15.0 Å². The van der Waals surface area contributed by atoms with Crippen LogP contribution in [0.15, 0.2) is 24.3 Å². The van der Waals surface area contributed by atoms with Crippen molar-refractivity contribution >= 4 is 17.3 Å².